The van der Waals surface area contributed by atoms with Gasteiger partial charge in [-0.25, -0.2) is 0 Å². The number of hydrogen-bond donors (Lipinski definition) is 2. The fraction of sp³-hybridized carbons (Fsp3) is 0.533. The first kappa shape index (κ1) is 17.9. The summed E-state index contributed by atoms with van der Waals surface area (Å²) in [6.45, 7) is 8.53. The topological polar surface area (TPSA) is 55.1 Å². The Balaban J connectivity index is 0.00000324. The Morgan fingerprint density at radius 1 is 1.26 bits per heavy atom. The molecule has 0 saturated heterocycles. The number of halogens is 1. The number of amides is 1. The van der Waals surface area contributed by atoms with Crippen LogP contribution in [0.2, 0.25) is 0 Å². The van der Waals surface area contributed by atoms with Gasteiger partial charge in [0.05, 0.1) is 5.54 Å². The van der Waals surface area contributed by atoms with Crippen molar-refractivity contribution in [3.8, 4) is 0 Å². The molecule has 1 amide bonds. The normalized spacial score (nSPS) is 10.8. The summed E-state index contributed by atoms with van der Waals surface area (Å²) < 4.78 is 0. The van der Waals surface area contributed by atoms with Crippen LogP contribution in [0.1, 0.15) is 48.2 Å². The van der Waals surface area contributed by atoms with E-state index in [0.717, 1.165) is 29.5 Å². The van der Waals surface area contributed by atoms with Crippen LogP contribution in [0.5, 0.6) is 0 Å². The van der Waals surface area contributed by atoms with Crippen LogP contribution in [0.15, 0.2) is 18.2 Å². The van der Waals surface area contributed by atoms with Gasteiger partial charge in [-0.05, 0) is 38.3 Å². The average molecular weight is 285 g/mol. The summed E-state index contributed by atoms with van der Waals surface area (Å²) in [4.78, 5) is 12.3. The lowest BCUT2D eigenvalue weighted by Gasteiger charge is -2.31. The maximum atomic E-state index is 12.3. The molecule has 0 atom stereocenters. The van der Waals surface area contributed by atoms with Crippen LogP contribution in [0.25, 0.3) is 0 Å². The van der Waals surface area contributed by atoms with E-state index in [2.05, 4.69) is 19.2 Å². The number of benzene rings is 1. The van der Waals surface area contributed by atoms with E-state index >= 15 is 0 Å². The van der Waals surface area contributed by atoms with Crippen molar-refractivity contribution in [2.24, 2.45) is 5.73 Å². The molecule has 0 saturated carbocycles. The number of nitrogens with one attached hydrogen (secondary N) is 1. The average Bonchev–Trinajstić information content (AvgIpc) is 2.38. The first-order chi connectivity index (χ1) is 8.48. The van der Waals surface area contributed by atoms with Gasteiger partial charge in [0, 0.05) is 12.1 Å². The van der Waals surface area contributed by atoms with Gasteiger partial charge >= 0.3 is 0 Å². The molecule has 0 bridgehead atoms. The minimum absolute atomic E-state index is 0. The van der Waals surface area contributed by atoms with Gasteiger partial charge in [0.2, 0.25) is 0 Å². The lowest BCUT2D eigenvalue weighted by molar-refractivity contribution is 0.0894. The standard InChI is InChI=1S/C15H24N2O.ClH/c1-5-15(6-2,10-16)17-14(18)13-9-11(3)7-8-12(13)4;/h7-9H,5-6,10,16H2,1-4H3,(H,17,18);1H. The maximum Gasteiger partial charge on any atom is 0.252 e. The summed E-state index contributed by atoms with van der Waals surface area (Å²) in [5, 5.41) is 3.10. The summed E-state index contributed by atoms with van der Waals surface area (Å²) >= 11 is 0. The monoisotopic (exact) mass is 284 g/mol. The highest BCUT2D eigenvalue weighted by Gasteiger charge is 2.27. The van der Waals surface area contributed by atoms with Crippen LogP contribution in [-0.2, 0) is 0 Å². The molecule has 0 aromatic heterocycles. The minimum atomic E-state index is -0.284. The van der Waals surface area contributed by atoms with Gasteiger partial charge in [0.25, 0.3) is 5.91 Å². The molecule has 0 aliphatic carbocycles. The number of rotatable bonds is 5. The molecule has 0 aliphatic rings. The summed E-state index contributed by atoms with van der Waals surface area (Å²) in [6, 6.07) is 5.92. The molecule has 0 unspecified atom stereocenters. The minimum Gasteiger partial charge on any atom is -0.345 e. The third-order valence-corrected chi connectivity index (χ3v) is 3.76. The van der Waals surface area contributed by atoms with Gasteiger partial charge in [-0.1, -0.05) is 31.5 Å². The molecule has 0 spiro atoms. The van der Waals surface area contributed by atoms with Crippen molar-refractivity contribution >= 4 is 18.3 Å². The van der Waals surface area contributed by atoms with Crippen molar-refractivity contribution in [2.75, 3.05) is 6.54 Å². The lowest BCUT2D eigenvalue weighted by atomic mass is 9.92. The molecule has 1 rings (SSSR count). The Hall–Kier alpha value is -1.06. The van der Waals surface area contributed by atoms with E-state index in [1.54, 1.807) is 0 Å². The van der Waals surface area contributed by atoms with Crippen LogP contribution < -0.4 is 11.1 Å². The second-order valence-corrected chi connectivity index (χ2v) is 4.96. The van der Waals surface area contributed by atoms with Gasteiger partial charge in [0.15, 0.2) is 0 Å². The zero-order valence-electron chi connectivity index (χ0n) is 12.2. The summed E-state index contributed by atoms with van der Waals surface area (Å²) in [6.07, 6.45) is 1.69. The number of nitrogens with two attached hydrogens (primary N) is 1. The van der Waals surface area contributed by atoms with E-state index in [9.17, 15) is 4.79 Å². The number of carbonyl (C=O) groups excluding carboxylic acids is 1. The van der Waals surface area contributed by atoms with Crippen molar-refractivity contribution in [3.05, 3.63) is 34.9 Å². The maximum absolute atomic E-state index is 12.3. The fourth-order valence-electron chi connectivity index (χ4n) is 2.06. The highest BCUT2D eigenvalue weighted by Crippen LogP contribution is 2.16. The van der Waals surface area contributed by atoms with Gasteiger partial charge in [-0.3, -0.25) is 4.79 Å². The smallest absolute Gasteiger partial charge is 0.252 e. The molecule has 1 aromatic carbocycles. The number of carbonyl (C=O) groups is 1. The predicted molar refractivity (Wildman–Crippen MR) is 83.0 cm³/mol. The Labute approximate surface area is 122 Å². The van der Waals surface area contributed by atoms with E-state index in [0.29, 0.717) is 6.54 Å². The lowest BCUT2D eigenvalue weighted by Crippen LogP contribution is -2.53. The van der Waals surface area contributed by atoms with Crippen LogP contribution >= 0.6 is 12.4 Å². The number of aryl methyl sites for hydroxylation is 2. The molecule has 108 valence electrons. The second kappa shape index (κ2) is 7.51. The first-order valence-electron chi connectivity index (χ1n) is 6.58. The highest BCUT2D eigenvalue weighted by atomic mass is 35.5. The molecule has 0 aliphatic heterocycles. The van der Waals surface area contributed by atoms with Gasteiger partial charge < -0.3 is 11.1 Å². The molecule has 0 radical (unpaired) electrons. The van der Waals surface area contributed by atoms with Crippen LogP contribution in [-0.4, -0.2) is 18.0 Å². The summed E-state index contributed by atoms with van der Waals surface area (Å²) in [5.74, 6) is -0.0228. The molecule has 0 heterocycles. The van der Waals surface area contributed by atoms with Crippen molar-refractivity contribution in [3.63, 3.8) is 0 Å². The second-order valence-electron chi connectivity index (χ2n) is 4.96. The van der Waals surface area contributed by atoms with Crippen LogP contribution in [0, 0.1) is 13.8 Å². The predicted octanol–water partition coefficient (Wildman–Crippen LogP) is 2.97. The quantitative estimate of drug-likeness (QED) is 0.873. The molecular weight excluding hydrogens is 260 g/mol. The third kappa shape index (κ3) is 4.22. The Bertz CT molecular complexity index is 420. The molecule has 3 nitrogen and oxygen atoms in total. The Morgan fingerprint density at radius 3 is 2.32 bits per heavy atom. The third-order valence-electron chi connectivity index (χ3n) is 3.76. The van der Waals surface area contributed by atoms with Gasteiger partial charge in [0.1, 0.15) is 0 Å². The van der Waals surface area contributed by atoms with E-state index in [1.165, 1.54) is 0 Å². The van der Waals surface area contributed by atoms with Gasteiger partial charge in [-0.15, -0.1) is 12.4 Å². The molecular formula is C15H25ClN2O. The zero-order valence-corrected chi connectivity index (χ0v) is 13.1. The molecule has 0 fully saturated rings. The molecule has 19 heavy (non-hydrogen) atoms. The highest BCUT2D eigenvalue weighted by molar-refractivity contribution is 5.96. The largest absolute Gasteiger partial charge is 0.345 e. The van der Waals surface area contributed by atoms with Gasteiger partial charge in [-0.2, -0.15) is 0 Å². The Morgan fingerprint density at radius 2 is 1.84 bits per heavy atom. The Kier molecular flexibility index (Phi) is 7.09. The molecule has 1 aromatic rings. The first-order valence-corrected chi connectivity index (χ1v) is 6.58. The SMILES string of the molecule is CCC(CC)(CN)NC(=O)c1cc(C)ccc1C.Cl. The zero-order chi connectivity index (χ0) is 13.8. The van der Waals surface area contributed by atoms with Crippen molar-refractivity contribution < 1.29 is 4.79 Å². The van der Waals surface area contributed by atoms with Crippen LogP contribution in [0.3, 0.4) is 0 Å². The molecule has 4 heteroatoms. The number of hydrogen-bond acceptors (Lipinski definition) is 2. The summed E-state index contributed by atoms with van der Waals surface area (Å²) in [7, 11) is 0. The van der Waals surface area contributed by atoms with Crippen LogP contribution in [0.4, 0.5) is 0 Å². The van der Waals surface area contributed by atoms with Crippen molar-refractivity contribution in [1.29, 1.82) is 0 Å². The van der Waals surface area contributed by atoms with E-state index in [4.69, 9.17) is 5.73 Å². The van der Waals surface area contributed by atoms with Crippen molar-refractivity contribution in [2.45, 2.75) is 46.1 Å². The van der Waals surface area contributed by atoms with E-state index in [1.807, 2.05) is 32.0 Å². The van der Waals surface area contributed by atoms with E-state index in [-0.39, 0.29) is 23.9 Å². The van der Waals surface area contributed by atoms with E-state index < -0.39 is 0 Å². The summed E-state index contributed by atoms with van der Waals surface area (Å²) in [5.41, 5.74) is 8.36. The van der Waals surface area contributed by atoms with Crippen molar-refractivity contribution in [1.82, 2.24) is 5.32 Å². The molecule has 3 N–H and O–H groups in total. The fourth-order valence-corrected chi connectivity index (χ4v) is 2.06.